The highest BCUT2D eigenvalue weighted by atomic mass is 15.2. The summed E-state index contributed by atoms with van der Waals surface area (Å²) in [6, 6.07) is 6.84. The molecule has 2 rings (SSSR count). The smallest absolute Gasteiger partial charge is 0.0386 e. The van der Waals surface area contributed by atoms with Crippen LogP contribution in [0.15, 0.2) is 18.2 Å². The van der Waals surface area contributed by atoms with Crippen molar-refractivity contribution in [1.29, 1.82) is 0 Å². The van der Waals surface area contributed by atoms with Crippen molar-refractivity contribution in [2.45, 2.75) is 26.3 Å². The van der Waals surface area contributed by atoms with E-state index in [0.29, 0.717) is 5.92 Å². The van der Waals surface area contributed by atoms with E-state index in [9.17, 15) is 0 Å². The number of nitrogens with one attached hydrogen (secondary N) is 2. The molecule has 1 aromatic rings. The number of anilines is 1. The molecule has 0 amide bonds. The van der Waals surface area contributed by atoms with Crippen molar-refractivity contribution >= 4 is 5.69 Å². The first-order valence-corrected chi connectivity index (χ1v) is 6.94. The maximum atomic E-state index is 3.40. The van der Waals surface area contributed by atoms with Gasteiger partial charge >= 0.3 is 0 Å². The molecule has 1 saturated heterocycles. The summed E-state index contributed by atoms with van der Waals surface area (Å²) in [5.41, 5.74) is 4.09. The maximum absolute atomic E-state index is 3.40. The Kier molecular flexibility index (Phi) is 4.61. The van der Waals surface area contributed by atoms with E-state index < -0.39 is 0 Å². The molecule has 1 aromatic carbocycles. The highest BCUT2D eigenvalue weighted by Crippen LogP contribution is 2.23. The molecule has 0 saturated carbocycles. The van der Waals surface area contributed by atoms with Gasteiger partial charge in [-0.1, -0.05) is 26.0 Å². The molecule has 100 valence electrons. The number of nitrogens with zero attached hydrogens (tertiary/aromatic N) is 1. The fourth-order valence-corrected chi connectivity index (χ4v) is 2.43. The lowest BCUT2D eigenvalue weighted by Crippen LogP contribution is -2.42. The Labute approximate surface area is 111 Å². The van der Waals surface area contributed by atoms with E-state index in [0.717, 1.165) is 32.7 Å². The monoisotopic (exact) mass is 247 g/mol. The molecule has 0 bridgehead atoms. The van der Waals surface area contributed by atoms with Crippen molar-refractivity contribution in [2.75, 3.05) is 38.5 Å². The zero-order chi connectivity index (χ0) is 13.0. The Hall–Kier alpha value is -1.06. The van der Waals surface area contributed by atoms with Crippen LogP contribution in [-0.4, -0.2) is 38.1 Å². The van der Waals surface area contributed by atoms with Gasteiger partial charge in [0.1, 0.15) is 0 Å². The van der Waals surface area contributed by atoms with Crippen molar-refractivity contribution in [3.8, 4) is 0 Å². The van der Waals surface area contributed by atoms with Crippen LogP contribution in [0, 0.1) is 0 Å². The molecule has 2 N–H and O–H groups in total. The summed E-state index contributed by atoms with van der Waals surface area (Å²) in [6.07, 6.45) is 0. The lowest BCUT2D eigenvalue weighted by molar-refractivity contribution is 0.233. The minimum atomic E-state index is 0.588. The van der Waals surface area contributed by atoms with E-state index in [-0.39, 0.29) is 0 Å². The summed E-state index contributed by atoms with van der Waals surface area (Å²) >= 11 is 0. The van der Waals surface area contributed by atoms with E-state index in [1.807, 2.05) is 7.05 Å². The van der Waals surface area contributed by atoms with E-state index in [1.54, 1.807) is 0 Å². The third-order valence-electron chi connectivity index (χ3n) is 3.67. The fourth-order valence-electron chi connectivity index (χ4n) is 2.43. The largest absolute Gasteiger partial charge is 0.388 e. The van der Waals surface area contributed by atoms with Gasteiger partial charge in [-0.15, -0.1) is 0 Å². The standard InChI is InChI=1S/C15H25N3/c1-12(2)13-4-5-14(15(10-13)16-3)11-18-8-6-17-7-9-18/h4-5,10,12,16-17H,6-9,11H2,1-3H3. The van der Waals surface area contributed by atoms with Gasteiger partial charge in [0.25, 0.3) is 0 Å². The zero-order valence-electron chi connectivity index (χ0n) is 11.8. The van der Waals surface area contributed by atoms with Crippen LogP contribution >= 0.6 is 0 Å². The first kappa shape index (κ1) is 13.4. The third-order valence-corrected chi connectivity index (χ3v) is 3.67. The van der Waals surface area contributed by atoms with Gasteiger partial charge in [-0.05, 0) is 23.1 Å². The number of hydrogen-bond acceptors (Lipinski definition) is 3. The second-order valence-corrected chi connectivity index (χ2v) is 5.35. The molecular formula is C15H25N3. The minimum Gasteiger partial charge on any atom is -0.388 e. The molecule has 0 aliphatic carbocycles. The Balaban J connectivity index is 2.11. The summed E-state index contributed by atoms with van der Waals surface area (Å²) in [7, 11) is 2.01. The van der Waals surface area contributed by atoms with Crippen LogP contribution in [0.3, 0.4) is 0 Å². The molecule has 0 unspecified atom stereocenters. The number of piperazine rings is 1. The van der Waals surface area contributed by atoms with Crippen molar-refractivity contribution in [3.05, 3.63) is 29.3 Å². The van der Waals surface area contributed by atoms with Crippen molar-refractivity contribution < 1.29 is 0 Å². The highest BCUT2D eigenvalue weighted by molar-refractivity contribution is 5.53. The number of hydrogen-bond donors (Lipinski definition) is 2. The molecule has 1 aliphatic heterocycles. The fraction of sp³-hybridized carbons (Fsp3) is 0.600. The SMILES string of the molecule is CNc1cc(C(C)C)ccc1CN1CCNCC1. The molecule has 1 fully saturated rings. The van der Waals surface area contributed by atoms with E-state index >= 15 is 0 Å². The van der Waals surface area contributed by atoms with Gasteiger partial charge in [0.05, 0.1) is 0 Å². The number of rotatable bonds is 4. The summed E-state index contributed by atoms with van der Waals surface area (Å²) in [6.45, 7) is 10.0. The molecule has 0 spiro atoms. The molecule has 0 atom stereocenters. The van der Waals surface area contributed by atoms with E-state index in [1.165, 1.54) is 16.8 Å². The number of benzene rings is 1. The van der Waals surface area contributed by atoms with Gasteiger partial charge in [0, 0.05) is 45.5 Å². The Morgan fingerprint density at radius 1 is 1.28 bits per heavy atom. The van der Waals surface area contributed by atoms with Crippen LogP contribution in [-0.2, 0) is 6.54 Å². The first-order valence-electron chi connectivity index (χ1n) is 6.94. The molecule has 1 aliphatic rings. The Morgan fingerprint density at radius 2 is 2.00 bits per heavy atom. The van der Waals surface area contributed by atoms with Crippen LogP contribution < -0.4 is 10.6 Å². The Bertz CT molecular complexity index is 381. The van der Waals surface area contributed by atoms with Crippen molar-refractivity contribution in [3.63, 3.8) is 0 Å². The average molecular weight is 247 g/mol. The summed E-state index contributed by atoms with van der Waals surface area (Å²) in [4.78, 5) is 2.52. The Morgan fingerprint density at radius 3 is 2.61 bits per heavy atom. The second kappa shape index (κ2) is 6.21. The lowest BCUT2D eigenvalue weighted by Gasteiger charge is -2.28. The maximum Gasteiger partial charge on any atom is 0.0386 e. The van der Waals surface area contributed by atoms with Crippen LogP contribution in [0.5, 0.6) is 0 Å². The van der Waals surface area contributed by atoms with Crippen molar-refractivity contribution in [1.82, 2.24) is 10.2 Å². The molecule has 3 nitrogen and oxygen atoms in total. The van der Waals surface area contributed by atoms with Gasteiger partial charge in [0.2, 0.25) is 0 Å². The summed E-state index contributed by atoms with van der Waals surface area (Å²) in [5, 5.41) is 6.73. The van der Waals surface area contributed by atoms with Gasteiger partial charge in [-0.3, -0.25) is 4.90 Å². The third kappa shape index (κ3) is 3.24. The predicted molar refractivity (Wildman–Crippen MR) is 78.2 cm³/mol. The van der Waals surface area contributed by atoms with Crippen molar-refractivity contribution in [2.24, 2.45) is 0 Å². The molecule has 3 heteroatoms. The second-order valence-electron chi connectivity index (χ2n) is 5.35. The van der Waals surface area contributed by atoms with E-state index in [4.69, 9.17) is 0 Å². The van der Waals surface area contributed by atoms with Crippen LogP contribution in [0.4, 0.5) is 5.69 Å². The molecule has 0 radical (unpaired) electrons. The highest BCUT2D eigenvalue weighted by Gasteiger charge is 2.12. The van der Waals surface area contributed by atoms with Crippen LogP contribution in [0.1, 0.15) is 30.9 Å². The van der Waals surface area contributed by atoms with E-state index in [2.05, 4.69) is 47.6 Å². The summed E-state index contributed by atoms with van der Waals surface area (Å²) in [5.74, 6) is 0.588. The summed E-state index contributed by atoms with van der Waals surface area (Å²) < 4.78 is 0. The van der Waals surface area contributed by atoms with Gasteiger partial charge < -0.3 is 10.6 Å². The average Bonchev–Trinajstić information content (AvgIpc) is 2.40. The van der Waals surface area contributed by atoms with Gasteiger partial charge in [0.15, 0.2) is 0 Å². The molecule has 1 heterocycles. The first-order chi connectivity index (χ1) is 8.70. The van der Waals surface area contributed by atoms with Crippen LogP contribution in [0.2, 0.25) is 0 Å². The van der Waals surface area contributed by atoms with Crippen LogP contribution in [0.25, 0.3) is 0 Å². The quantitative estimate of drug-likeness (QED) is 0.854. The minimum absolute atomic E-state index is 0.588. The van der Waals surface area contributed by atoms with Gasteiger partial charge in [-0.2, -0.15) is 0 Å². The van der Waals surface area contributed by atoms with Gasteiger partial charge in [-0.25, -0.2) is 0 Å². The normalized spacial score (nSPS) is 17.1. The molecule has 0 aromatic heterocycles. The zero-order valence-corrected chi connectivity index (χ0v) is 11.8. The predicted octanol–water partition coefficient (Wildman–Crippen LogP) is 2.26. The molecular weight excluding hydrogens is 222 g/mol. The topological polar surface area (TPSA) is 27.3 Å². The molecule has 18 heavy (non-hydrogen) atoms. The lowest BCUT2D eigenvalue weighted by atomic mass is 10.00.